The van der Waals surface area contributed by atoms with Gasteiger partial charge < -0.3 is 47.2 Å². The fraction of sp³-hybridized carbons (Fsp3) is 0.0250. The maximum Gasteiger partial charge on any atom is 0.416 e. The highest BCUT2D eigenvalue weighted by atomic mass is 35.5. The molecule has 12 nitrogen and oxygen atoms in total. The highest BCUT2D eigenvalue weighted by molar-refractivity contribution is 6.35. The lowest BCUT2D eigenvalue weighted by Gasteiger charge is -2.11. The first kappa shape index (κ1) is 47.7. The molecule has 0 unspecified atom stereocenters. The molecule has 0 aromatic heterocycles. The summed E-state index contributed by atoms with van der Waals surface area (Å²) in [6.07, 6.45) is -4.44. The monoisotopic (exact) mass is 956 g/mol. The quantitative estimate of drug-likeness (QED) is 0.0748. The molecule has 0 fully saturated rings. The summed E-state index contributed by atoms with van der Waals surface area (Å²) in [6, 6.07) is 27.2. The smallest absolute Gasteiger partial charge is 0.416 e. The van der Waals surface area contributed by atoms with Gasteiger partial charge in [-0.25, -0.2) is 14.4 Å². The fourth-order valence-electron chi connectivity index (χ4n) is 4.60. The minimum Gasteiger partial charge on any atom is -0.504 e. The van der Waals surface area contributed by atoms with Gasteiger partial charge in [-0.05, 0) is 103 Å². The van der Waals surface area contributed by atoms with Gasteiger partial charge in [-0.1, -0.05) is 87.8 Å². The van der Waals surface area contributed by atoms with Crippen LogP contribution >= 0.6 is 69.6 Å². The lowest BCUT2D eigenvalue weighted by atomic mass is 10.2. The van der Waals surface area contributed by atoms with Gasteiger partial charge in [-0.2, -0.15) is 13.2 Å². The van der Waals surface area contributed by atoms with Crippen molar-refractivity contribution in [2.75, 3.05) is 31.9 Å². The van der Waals surface area contributed by atoms with Gasteiger partial charge in [0.2, 0.25) is 0 Å². The Morgan fingerprint density at radius 3 is 1.08 bits per heavy atom. The van der Waals surface area contributed by atoms with Gasteiger partial charge in [-0.15, -0.1) is 0 Å². The average Bonchev–Trinajstić information content (AvgIpc) is 3.18. The van der Waals surface area contributed by atoms with Crippen LogP contribution in [0.2, 0.25) is 30.1 Å². The number of halogens is 9. The Balaban J connectivity index is 0.000000202. The molecule has 6 aromatic rings. The number of aromatic hydroxyl groups is 3. The van der Waals surface area contributed by atoms with Crippen LogP contribution in [0.25, 0.3) is 0 Å². The van der Waals surface area contributed by atoms with E-state index in [9.17, 15) is 42.9 Å². The van der Waals surface area contributed by atoms with Crippen molar-refractivity contribution in [3.05, 3.63) is 157 Å². The molecule has 6 aromatic carbocycles. The molecule has 21 heteroatoms. The second-order valence-corrected chi connectivity index (χ2v) is 14.4. The van der Waals surface area contributed by atoms with Crippen LogP contribution in [0.5, 0.6) is 17.2 Å². The Morgan fingerprint density at radius 2 is 0.738 bits per heavy atom. The van der Waals surface area contributed by atoms with Crippen LogP contribution in [-0.4, -0.2) is 33.4 Å². The summed E-state index contributed by atoms with van der Waals surface area (Å²) in [4.78, 5) is 35.3. The molecule has 0 saturated carbocycles. The highest BCUT2D eigenvalue weighted by Crippen LogP contribution is 2.34. The number of para-hydroxylation sites is 3. The maximum absolute atomic E-state index is 12.4. The van der Waals surface area contributed by atoms with Gasteiger partial charge in [0.05, 0.1) is 37.7 Å². The first-order valence-electron chi connectivity index (χ1n) is 16.8. The number of urea groups is 3. The number of anilines is 6. The van der Waals surface area contributed by atoms with Crippen LogP contribution in [0.15, 0.2) is 121 Å². The first-order valence-corrected chi connectivity index (χ1v) is 19.1. The molecule has 318 valence electrons. The van der Waals surface area contributed by atoms with E-state index in [1.165, 1.54) is 36.4 Å². The van der Waals surface area contributed by atoms with E-state index in [1.807, 2.05) is 0 Å². The number of benzene rings is 6. The second-order valence-electron chi connectivity index (χ2n) is 11.9. The SMILES string of the molecule is O=C(Nc1cc(Cl)cc(Cl)c1)Nc1cccc(Cl)c1O.O=C(Nc1ccc(C(F)(F)F)cc1)Nc1cccc(Cl)c1O.O=C(Nc1ccc(Cl)cc1)Nc1cccc(Cl)c1O. The predicted octanol–water partition coefficient (Wildman–Crippen LogP) is 14.0. The molecule has 0 bridgehead atoms. The standard InChI is InChI=1S/C14H10ClF3N2O2.C13H9Cl3N2O2.C13H10Cl2N2O2/c15-10-2-1-3-11(12(10)21)20-13(22)19-9-6-4-8(5-7-9)14(16,17)18;14-7-4-8(15)6-9(5-7)17-13(20)18-11-3-1-2-10(16)12(11)19;14-8-4-6-9(7-5-8)16-13(19)17-11-3-1-2-10(15)12(11)18/h1-7,21H,(H2,19,20,22);1-6,19H,(H2,17,18,20);1-7,18H,(H2,16,17,19). The summed E-state index contributed by atoms with van der Waals surface area (Å²) in [6.45, 7) is 0. The normalized spacial score (nSPS) is 10.4. The van der Waals surface area contributed by atoms with Crippen molar-refractivity contribution in [3.8, 4) is 17.2 Å². The Hall–Kier alpha value is -5.94. The maximum atomic E-state index is 12.4. The Kier molecular flexibility index (Phi) is 17.3. The van der Waals surface area contributed by atoms with Gasteiger partial charge in [0, 0.05) is 32.1 Å². The summed E-state index contributed by atoms with van der Waals surface area (Å²) in [5, 5.41) is 45.5. The molecular weight excluding hydrogens is 930 g/mol. The second kappa shape index (κ2) is 22.1. The van der Waals surface area contributed by atoms with E-state index >= 15 is 0 Å². The van der Waals surface area contributed by atoms with Crippen molar-refractivity contribution in [1.29, 1.82) is 0 Å². The molecule has 9 N–H and O–H groups in total. The number of carbonyl (C=O) groups excluding carboxylic acids is 3. The largest absolute Gasteiger partial charge is 0.504 e. The highest BCUT2D eigenvalue weighted by Gasteiger charge is 2.30. The zero-order valence-electron chi connectivity index (χ0n) is 30.5. The molecule has 0 spiro atoms. The van der Waals surface area contributed by atoms with Crippen molar-refractivity contribution in [2.45, 2.75) is 6.18 Å². The number of amides is 6. The van der Waals surface area contributed by atoms with Crippen molar-refractivity contribution >= 4 is 122 Å². The zero-order valence-corrected chi connectivity index (χ0v) is 35.1. The number of alkyl halides is 3. The Labute approximate surface area is 375 Å². The van der Waals surface area contributed by atoms with Gasteiger partial charge in [0.25, 0.3) is 0 Å². The number of hydrogen-bond acceptors (Lipinski definition) is 6. The molecule has 61 heavy (non-hydrogen) atoms. The number of hydrogen-bond donors (Lipinski definition) is 9. The minimum absolute atomic E-state index is 0.0623. The molecule has 0 aliphatic heterocycles. The van der Waals surface area contributed by atoms with Crippen LogP contribution in [0.1, 0.15) is 5.56 Å². The van der Waals surface area contributed by atoms with E-state index in [1.54, 1.807) is 60.7 Å². The summed E-state index contributed by atoms with van der Waals surface area (Å²) in [5.74, 6) is -0.671. The van der Waals surface area contributed by atoms with E-state index in [2.05, 4.69) is 31.9 Å². The van der Waals surface area contributed by atoms with Crippen LogP contribution in [-0.2, 0) is 6.18 Å². The van der Waals surface area contributed by atoms with E-state index in [-0.39, 0.29) is 55.1 Å². The molecule has 0 aliphatic rings. The lowest BCUT2D eigenvalue weighted by Crippen LogP contribution is -2.19. The number of phenols is 3. The third-order valence-corrected chi connectivity index (χ3v) is 9.00. The van der Waals surface area contributed by atoms with Crippen LogP contribution in [0.3, 0.4) is 0 Å². The van der Waals surface area contributed by atoms with Crippen LogP contribution < -0.4 is 31.9 Å². The van der Waals surface area contributed by atoms with Crippen molar-refractivity contribution in [2.24, 2.45) is 0 Å². The molecular formula is C40H29Cl6F3N6O6. The van der Waals surface area contributed by atoms with Crippen LogP contribution in [0.4, 0.5) is 61.7 Å². The van der Waals surface area contributed by atoms with E-state index < -0.39 is 29.8 Å². The van der Waals surface area contributed by atoms with Gasteiger partial charge >= 0.3 is 24.3 Å². The predicted molar refractivity (Wildman–Crippen MR) is 237 cm³/mol. The van der Waals surface area contributed by atoms with Gasteiger partial charge in [0.15, 0.2) is 17.2 Å². The van der Waals surface area contributed by atoms with E-state index in [0.29, 0.717) is 26.4 Å². The van der Waals surface area contributed by atoms with E-state index in [0.717, 1.165) is 24.3 Å². The molecule has 0 heterocycles. The van der Waals surface area contributed by atoms with Gasteiger partial charge in [-0.3, -0.25) is 0 Å². The third kappa shape index (κ3) is 15.2. The zero-order chi connectivity index (χ0) is 44.9. The molecule has 6 rings (SSSR count). The first-order chi connectivity index (χ1) is 28.8. The number of nitrogens with one attached hydrogen (secondary N) is 6. The third-order valence-electron chi connectivity index (χ3n) is 7.40. The summed E-state index contributed by atoms with van der Waals surface area (Å²) < 4.78 is 37.2. The number of carbonyl (C=O) groups is 3. The summed E-state index contributed by atoms with van der Waals surface area (Å²) >= 11 is 34.6. The minimum atomic E-state index is -4.44. The van der Waals surface area contributed by atoms with Crippen molar-refractivity contribution in [3.63, 3.8) is 0 Å². The summed E-state index contributed by atoms with van der Waals surface area (Å²) in [7, 11) is 0. The molecule has 0 saturated heterocycles. The Morgan fingerprint density at radius 1 is 0.410 bits per heavy atom. The molecule has 6 amide bonds. The fourth-order valence-corrected chi connectivity index (χ4v) is 5.78. The Bertz CT molecular complexity index is 2480. The summed E-state index contributed by atoms with van der Waals surface area (Å²) in [5.41, 5.74) is 0.891. The molecule has 0 radical (unpaired) electrons. The van der Waals surface area contributed by atoms with Crippen molar-refractivity contribution < 1.29 is 42.9 Å². The number of rotatable bonds is 6. The molecule has 0 aliphatic carbocycles. The van der Waals surface area contributed by atoms with Gasteiger partial charge in [0.1, 0.15) is 0 Å². The average molecular weight is 959 g/mol. The van der Waals surface area contributed by atoms with Crippen molar-refractivity contribution in [1.82, 2.24) is 0 Å². The lowest BCUT2D eigenvalue weighted by molar-refractivity contribution is -0.137. The van der Waals surface area contributed by atoms with E-state index in [4.69, 9.17) is 69.6 Å². The topological polar surface area (TPSA) is 184 Å². The number of phenolic OH excluding ortho intramolecular Hbond substituents is 3. The molecule has 0 atom stereocenters. The van der Waals surface area contributed by atoms with Crippen LogP contribution in [0, 0.1) is 0 Å².